The maximum absolute atomic E-state index is 13.7. The van der Waals surface area contributed by atoms with E-state index in [1.54, 1.807) is 0 Å². The number of halogens is 2. The number of carbonyl (C=O) groups is 1. The average molecular weight is 280 g/mol. The summed E-state index contributed by atoms with van der Waals surface area (Å²) >= 11 is 0. The van der Waals surface area contributed by atoms with Crippen molar-refractivity contribution in [1.29, 1.82) is 0 Å². The summed E-state index contributed by atoms with van der Waals surface area (Å²) in [5, 5.41) is 0. The van der Waals surface area contributed by atoms with Gasteiger partial charge in [0.25, 0.3) is 0 Å². The second-order valence-electron chi connectivity index (χ2n) is 6.90. The Hall–Kier alpha value is -1.25. The minimum atomic E-state index is -0.743. The molecule has 0 saturated heterocycles. The molecule has 110 valence electrons. The van der Waals surface area contributed by atoms with Crippen molar-refractivity contribution in [2.75, 3.05) is 0 Å². The van der Waals surface area contributed by atoms with Crippen molar-refractivity contribution in [3.05, 3.63) is 35.4 Å². The molecule has 2 rings (SSSR count). The Morgan fingerprint density at radius 2 is 1.70 bits per heavy atom. The van der Waals surface area contributed by atoms with Gasteiger partial charge in [-0.2, -0.15) is 0 Å². The highest BCUT2D eigenvalue weighted by molar-refractivity contribution is 5.98. The van der Waals surface area contributed by atoms with E-state index in [4.69, 9.17) is 0 Å². The SMILES string of the molecule is CC(C)(C)C1CCC(C(=O)c2ccc(F)cc2F)CC1. The van der Waals surface area contributed by atoms with E-state index in [1.165, 1.54) is 6.07 Å². The van der Waals surface area contributed by atoms with Gasteiger partial charge in [-0.3, -0.25) is 4.79 Å². The van der Waals surface area contributed by atoms with Gasteiger partial charge in [0.15, 0.2) is 5.78 Å². The third kappa shape index (κ3) is 3.25. The van der Waals surface area contributed by atoms with E-state index in [2.05, 4.69) is 20.8 Å². The van der Waals surface area contributed by atoms with Gasteiger partial charge in [0.05, 0.1) is 5.56 Å². The summed E-state index contributed by atoms with van der Waals surface area (Å²) in [4.78, 5) is 12.3. The molecule has 20 heavy (non-hydrogen) atoms. The summed E-state index contributed by atoms with van der Waals surface area (Å²) in [6, 6.07) is 3.20. The second-order valence-corrected chi connectivity index (χ2v) is 6.90. The quantitative estimate of drug-likeness (QED) is 0.697. The van der Waals surface area contributed by atoms with Gasteiger partial charge >= 0.3 is 0 Å². The zero-order chi connectivity index (χ0) is 14.9. The molecule has 1 aliphatic carbocycles. The summed E-state index contributed by atoms with van der Waals surface area (Å²) in [5.41, 5.74) is 0.292. The monoisotopic (exact) mass is 280 g/mol. The Labute approximate surface area is 119 Å². The molecule has 1 nitrogen and oxygen atoms in total. The largest absolute Gasteiger partial charge is 0.294 e. The smallest absolute Gasteiger partial charge is 0.168 e. The molecule has 1 saturated carbocycles. The third-order valence-electron chi connectivity index (χ3n) is 4.52. The standard InChI is InChI=1S/C17H22F2O/c1-17(2,3)12-6-4-11(5-7-12)16(20)14-9-8-13(18)10-15(14)19/h8-12H,4-7H2,1-3H3. The lowest BCUT2D eigenvalue weighted by atomic mass is 9.69. The zero-order valence-corrected chi connectivity index (χ0v) is 12.4. The fourth-order valence-electron chi connectivity index (χ4n) is 3.13. The maximum Gasteiger partial charge on any atom is 0.168 e. The Kier molecular flexibility index (Phi) is 4.26. The molecule has 0 amide bonds. The lowest BCUT2D eigenvalue weighted by Gasteiger charge is -2.36. The highest BCUT2D eigenvalue weighted by atomic mass is 19.1. The van der Waals surface area contributed by atoms with E-state index in [0.29, 0.717) is 5.92 Å². The summed E-state index contributed by atoms with van der Waals surface area (Å²) in [5.74, 6) is -1.06. The first-order valence-corrected chi connectivity index (χ1v) is 7.28. The molecule has 0 aromatic heterocycles. The summed E-state index contributed by atoms with van der Waals surface area (Å²) in [6.07, 6.45) is 3.61. The summed E-state index contributed by atoms with van der Waals surface area (Å²) in [7, 11) is 0. The van der Waals surface area contributed by atoms with Gasteiger partial charge in [0.1, 0.15) is 11.6 Å². The van der Waals surface area contributed by atoms with Gasteiger partial charge in [-0.1, -0.05) is 20.8 Å². The van der Waals surface area contributed by atoms with Crippen molar-refractivity contribution in [1.82, 2.24) is 0 Å². The highest BCUT2D eigenvalue weighted by Gasteiger charge is 2.33. The van der Waals surface area contributed by atoms with Crippen LogP contribution in [0.1, 0.15) is 56.8 Å². The van der Waals surface area contributed by atoms with Crippen LogP contribution in [-0.4, -0.2) is 5.78 Å². The van der Waals surface area contributed by atoms with Crippen LogP contribution >= 0.6 is 0 Å². The molecular formula is C17H22F2O. The average Bonchev–Trinajstić information content (AvgIpc) is 2.37. The molecule has 0 atom stereocenters. The van der Waals surface area contributed by atoms with Crippen LogP contribution in [0.4, 0.5) is 8.78 Å². The molecule has 0 unspecified atom stereocenters. The first-order valence-electron chi connectivity index (χ1n) is 7.28. The van der Waals surface area contributed by atoms with Crippen LogP contribution in [0.2, 0.25) is 0 Å². The second kappa shape index (κ2) is 5.63. The molecule has 0 N–H and O–H groups in total. The van der Waals surface area contributed by atoms with E-state index in [1.807, 2.05) is 0 Å². The lowest BCUT2D eigenvalue weighted by Crippen LogP contribution is -2.29. The molecule has 0 heterocycles. The van der Waals surface area contributed by atoms with Crippen molar-refractivity contribution in [3.63, 3.8) is 0 Å². The minimum absolute atomic E-state index is 0.0330. The molecule has 0 bridgehead atoms. The Bertz CT molecular complexity index is 494. The summed E-state index contributed by atoms with van der Waals surface area (Å²) < 4.78 is 26.5. The topological polar surface area (TPSA) is 17.1 Å². The Balaban J connectivity index is 2.05. The number of carbonyl (C=O) groups excluding carboxylic acids is 1. The van der Waals surface area contributed by atoms with Crippen molar-refractivity contribution in [3.8, 4) is 0 Å². The highest BCUT2D eigenvalue weighted by Crippen LogP contribution is 2.40. The van der Waals surface area contributed by atoms with E-state index in [0.717, 1.165) is 37.8 Å². The van der Waals surface area contributed by atoms with Crippen molar-refractivity contribution in [2.24, 2.45) is 17.3 Å². The van der Waals surface area contributed by atoms with Gasteiger partial charge in [0.2, 0.25) is 0 Å². The molecule has 0 aliphatic heterocycles. The van der Waals surface area contributed by atoms with Crippen molar-refractivity contribution in [2.45, 2.75) is 46.5 Å². The first-order chi connectivity index (χ1) is 9.29. The molecule has 1 aliphatic rings. The Morgan fingerprint density at radius 1 is 1.10 bits per heavy atom. The van der Waals surface area contributed by atoms with Crippen LogP contribution in [0.5, 0.6) is 0 Å². The molecule has 3 heteroatoms. The molecule has 1 fully saturated rings. The van der Waals surface area contributed by atoms with Crippen molar-refractivity contribution < 1.29 is 13.6 Å². The molecule has 0 radical (unpaired) electrons. The van der Waals surface area contributed by atoms with Gasteiger partial charge in [-0.25, -0.2) is 8.78 Å². The van der Waals surface area contributed by atoms with E-state index in [-0.39, 0.29) is 22.7 Å². The van der Waals surface area contributed by atoms with Crippen LogP contribution in [0.3, 0.4) is 0 Å². The molecule has 1 aromatic rings. The predicted molar refractivity (Wildman–Crippen MR) is 75.6 cm³/mol. The van der Waals surface area contributed by atoms with E-state index in [9.17, 15) is 13.6 Å². The van der Waals surface area contributed by atoms with Crippen molar-refractivity contribution >= 4 is 5.78 Å². The number of hydrogen-bond acceptors (Lipinski definition) is 1. The number of benzene rings is 1. The van der Waals surface area contributed by atoms with Gasteiger partial charge in [0, 0.05) is 12.0 Å². The Morgan fingerprint density at radius 3 is 2.20 bits per heavy atom. The number of rotatable bonds is 2. The van der Waals surface area contributed by atoms with Gasteiger partial charge < -0.3 is 0 Å². The molecule has 0 spiro atoms. The van der Waals surface area contributed by atoms with Crippen LogP contribution in [0.15, 0.2) is 18.2 Å². The number of Topliss-reactive ketones (excluding diaryl/α,β-unsaturated/α-hetero) is 1. The number of ketones is 1. The van der Waals surface area contributed by atoms with Crippen LogP contribution in [0, 0.1) is 28.9 Å². The zero-order valence-electron chi connectivity index (χ0n) is 12.4. The third-order valence-corrected chi connectivity index (χ3v) is 4.52. The lowest BCUT2D eigenvalue weighted by molar-refractivity contribution is 0.0815. The number of hydrogen-bond donors (Lipinski definition) is 0. The van der Waals surface area contributed by atoms with Gasteiger partial charge in [-0.15, -0.1) is 0 Å². The minimum Gasteiger partial charge on any atom is -0.294 e. The van der Waals surface area contributed by atoms with Gasteiger partial charge in [-0.05, 0) is 49.1 Å². The fraction of sp³-hybridized carbons (Fsp3) is 0.588. The van der Waals surface area contributed by atoms with E-state index < -0.39 is 11.6 Å². The molecular weight excluding hydrogens is 258 g/mol. The predicted octanol–water partition coefficient (Wildman–Crippen LogP) is 5.00. The fourth-order valence-corrected chi connectivity index (χ4v) is 3.13. The van der Waals surface area contributed by atoms with Crippen LogP contribution in [0.25, 0.3) is 0 Å². The van der Waals surface area contributed by atoms with E-state index >= 15 is 0 Å². The summed E-state index contributed by atoms with van der Waals surface area (Å²) in [6.45, 7) is 6.67. The maximum atomic E-state index is 13.7. The first kappa shape index (κ1) is 15.1. The van der Waals surface area contributed by atoms with Crippen LogP contribution in [-0.2, 0) is 0 Å². The van der Waals surface area contributed by atoms with Crippen LogP contribution < -0.4 is 0 Å². The molecule has 1 aromatic carbocycles. The normalized spacial score (nSPS) is 23.6.